The van der Waals surface area contributed by atoms with E-state index in [2.05, 4.69) is 4.74 Å². The van der Waals surface area contributed by atoms with E-state index in [1.165, 1.54) is 31.4 Å². The second kappa shape index (κ2) is 9.86. The summed E-state index contributed by atoms with van der Waals surface area (Å²) in [5.41, 5.74) is 1.03. The molecule has 0 spiro atoms. The lowest BCUT2D eigenvalue weighted by atomic mass is 10.0. The predicted molar refractivity (Wildman–Crippen MR) is 107 cm³/mol. The molecule has 1 aliphatic rings. The van der Waals surface area contributed by atoms with Crippen molar-refractivity contribution in [3.8, 4) is 5.75 Å². The predicted octanol–water partition coefficient (Wildman–Crippen LogP) is 3.61. The first kappa shape index (κ1) is 22.0. The molecule has 0 bridgehead atoms. The van der Waals surface area contributed by atoms with Crippen molar-refractivity contribution in [1.82, 2.24) is 9.80 Å². The number of alkyl halides is 2. The smallest absolute Gasteiger partial charge is 0.387 e. The van der Waals surface area contributed by atoms with Crippen LogP contribution in [-0.2, 0) is 9.53 Å². The molecule has 1 amide bonds. The number of esters is 1. The van der Waals surface area contributed by atoms with Gasteiger partial charge in [-0.15, -0.1) is 0 Å². The van der Waals surface area contributed by atoms with Crippen molar-refractivity contribution in [2.24, 2.45) is 0 Å². The van der Waals surface area contributed by atoms with E-state index in [4.69, 9.17) is 16.3 Å². The van der Waals surface area contributed by atoms with Gasteiger partial charge in [0.25, 0.3) is 5.91 Å². The number of amides is 1. The molecule has 0 radical (unpaired) electrons. The number of methoxy groups -OCH3 is 1. The quantitative estimate of drug-likeness (QED) is 0.645. The number of nitrogens with zero attached hydrogens (tertiary/aromatic N) is 2. The molecule has 0 aliphatic carbocycles. The molecule has 9 heteroatoms. The standard InChI is InChI=1S/C21H21ClF2N2O4/c1-29-20(28)18(16-4-2-3-5-17(16)22)25-10-12-26(13-11-25)19(27)14-6-8-15(9-7-14)30-21(23)24/h2-9,18,21H,10-13H2,1H3. The molecule has 0 saturated carbocycles. The first-order valence-corrected chi connectivity index (χ1v) is 9.69. The summed E-state index contributed by atoms with van der Waals surface area (Å²) in [6.07, 6.45) is 0. The molecule has 6 nitrogen and oxygen atoms in total. The average molecular weight is 439 g/mol. The van der Waals surface area contributed by atoms with Crippen molar-refractivity contribution < 1.29 is 27.8 Å². The Hall–Kier alpha value is -2.71. The first-order valence-electron chi connectivity index (χ1n) is 9.31. The van der Waals surface area contributed by atoms with Crippen LogP contribution in [0.4, 0.5) is 8.78 Å². The fourth-order valence-corrected chi connectivity index (χ4v) is 3.67. The number of benzene rings is 2. The summed E-state index contributed by atoms with van der Waals surface area (Å²) < 4.78 is 33.8. The third-order valence-corrected chi connectivity index (χ3v) is 5.26. The number of carbonyl (C=O) groups is 2. The van der Waals surface area contributed by atoms with E-state index in [9.17, 15) is 18.4 Å². The molecular weight excluding hydrogens is 418 g/mol. The van der Waals surface area contributed by atoms with Crippen molar-refractivity contribution >= 4 is 23.5 Å². The van der Waals surface area contributed by atoms with Crippen LogP contribution in [0.25, 0.3) is 0 Å². The summed E-state index contributed by atoms with van der Waals surface area (Å²) in [6, 6.07) is 12.0. The van der Waals surface area contributed by atoms with Crippen LogP contribution in [0, 0.1) is 0 Å². The lowest BCUT2D eigenvalue weighted by Gasteiger charge is -2.38. The van der Waals surface area contributed by atoms with Crippen molar-refractivity contribution in [2.45, 2.75) is 12.7 Å². The molecule has 1 aliphatic heterocycles. The van der Waals surface area contributed by atoms with Crippen LogP contribution in [0.3, 0.4) is 0 Å². The van der Waals surface area contributed by atoms with Crippen molar-refractivity contribution in [2.75, 3.05) is 33.3 Å². The molecular formula is C21H21ClF2N2O4. The van der Waals surface area contributed by atoms with E-state index in [0.717, 1.165) is 0 Å². The van der Waals surface area contributed by atoms with Gasteiger partial charge < -0.3 is 14.4 Å². The van der Waals surface area contributed by atoms with Gasteiger partial charge in [-0.1, -0.05) is 29.8 Å². The number of carbonyl (C=O) groups excluding carboxylic acids is 2. The van der Waals surface area contributed by atoms with Gasteiger partial charge in [0.2, 0.25) is 0 Å². The lowest BCUT2D eigenvalue weighted by molar-refractivity contribution is -0.148. The van der Waals surface area contributed by atoms with Crippen molar-refractivity contribution in [3.63, 3.8) is 0 Å². The average Bonchev–Trinajstić information content (AvgIpc) is 2.75. The van der Waals surface area contributed by atoms with Gasteiger partial charge in [0.05, 0.1) is 7.11 Å². The Kier molecular flexibility index (Phi) is 7.23. The highest BCUT2D eigenvalue weighted by molar-refractivity contribution is 6.31. The van der Waals surface area contributed by atoms with Crippen LogP contribution in [-0.4, -0.2) is 61.6 Å². The van der Waals surface area contributed by atoms with Crippen molar-refractivity contribution in [3.05, 3.63) is 64.7 Å². The monoisotopic (exact) mass is 438 g/mol. The number of halogens is 3. The Morgan fingerprint density at radius 2 is 1.63 bits per heavy atom. The largest absolute Gasteiger partial charge is 0.468 e. The molecule has 1 atom stereocenters. The van der Waals surface area contributed by atoms with E-state index in [-0.39, 0.29) is 11.7 Å². The summed E-state index contributed by atoms with van der Waals surface area (Å²) in [5.74, 6) is -0.643. The molecule has 1 saturated heterocycles. The third kappa shape index (κ3) is 5.06. The molecule has 3 rings (SSSR count). The maximum absolute atomic E-state index is 12.7. The van der Waals surface area contributed by atoms with Gasteiger partial charge in [-0.25, -0.2) is 4.79 Å². The SMILES string of the molecule is COC(=O)C(c1ccccc1Cl)N1CCN(C(=O)c2ccc(OC(F)F)cc2)CC1. The summed E-state index contributed by atoms with van der Waals surface area (Å²) in [6.45, 7) is -1.23. The maximum Gasteiger partial charge on any atom is 0.387 e. The molecule has 1 fully saturated rings. The molecule has 1 unspecified atom stereocenters. The zero-order valence-electron chi connectivity index (χ0n) is 16.3. The zero-order chi connectivity index (χ0) is 21.7. The fourth-order valence-electron chi connectivity index (χ4n) is 3.43. The van der Waals surface area contributed by atoms with E-state index >= 15 is 0 Å². The minimum atomic E-state index is -2.92. The van der Waals surface area contributed by atoms with E-state index < -0.39 is 18.6 Å². The minimum absolute atomic E-state index is 0.00738. The van der Waals surface area contributed by atoms with Crippen LogP contribution >= 0.6 is 11.6 Å². The van der Waals surface area contributed by atoms with E-state index in [0.29, 0.717) is 42.3 Å². The second-order valence-electron chi connectivity index (χ2n) is 6.68. The number of piperazine rings is 1. The third-order valence-electron chi connectivity index (χ3n) is 4.92. The fraction of sp³-hybridized carbons (Fsp3) is 0.333. The molecule has 0 N–H and O–H groups in total. The van der Waals surface area contributed by atoms with Gasteiger partial charge in [-0.3, -0.25) is 9.69 Å². The topological polar surface area (TPSA) is 59.1 Å². The summed E-state index contributed by atoms with van der Waals surface area (Å²) >= 11 is 6.29. The Morgan fingerprint density at radius 1 is 1.00 bits per heavy atom. The number of rotatable bonds is 6. The Bertz CT molecular complexity index is 887. The van der Waals surface area contributed by atoms with Crippen molar-refractivity contribution in [1.29, 1.82) is 0 Å². The maximum atomic E-state index is 12.7. The Morgan fingerprint density at radius 3 is 2.20 bits per heavy atom. The molecule has 2 aromatic rings. The van der Waals surface area contributed by atoms with Crippen LogP contribution < -0.4 is 4.74 Å². The summed E-state index contributed by atoms with van der Waals surface area (Å²) in [7, 11) is 1.33. The zero-order valence-corrected chi connectivity index (χ0v) is 17.0. The number of hydrogen-bond donors (Lipinski definition) is 0. The molecule has 2 aromatic carbocycles. The lowest BCUT2D eigenvalue weighted by Crippen LogP contribution is -2.51. The van der Waals surface area contributed by atoms with Gasteiger partial charge >= 0.3 is 12.6 Å². The Balaban J connectivity index is 1.67. The van der Waals surface area contributed by atoms with Crippen LogP contribution in [0.1, 0.15) is 22.0 Å². The highest BCUT2D eigenvalue weighted by atomic mass is 35.5. The van der Waals surface area contributed by atoms with Gasteiger partial charge in [0, 0.05) is 36.8 Å². The van der Waals surface area contributed by atoms with Crippen LogP contribution in [0.15, 0.2) is 48.5 Å². The van der Waals surface area contributed by atoms with E-state index in [1.807, 2.05) is 4.90 Å². The summed E-state index contributed by atoms with van der Waals surface area (Å²) in [5, 5.41) is 0.470. The number of ether oxygens (including phenoxy) is 2. The normalized spacial score (nSPS) is 15.7. The number of hydrogen-bond acceptors (Lipinski definition) is 5. The van der Waals surface area contributed by atoms with Gasteiger partial charge in [0.1, 0.15) is 11.8 Å². The van der Waals surface area contributed by atoms with Gasteiger partial charge in [0.15, 0.2) is 0 Å². The van der Waals surface area contributed by atoms with Gasteiger partial charge in [-0.2, -0.15) is 8.78 Å². The summed E-state index contributed by atoms with van der Waals surface area (Å²) in [4.78, 5) is 28.8. The molecule has 160 valence electrons. The van der Waals surface area contributed by atoms with Crippen LogP contribution in [0.5, 0.6) is 5.75 Å². The molecule has 30 heavy (non-hydrogen) atoms. The van der Waals surface area contributed by atoms with Gasteiger partial charge in [-0.05, 0) is 35.9 Å². The minimum Gasteiger partial charge on any atom is -0.468 e. The van der Waals surface area contributed by atoms with E-state index in [1.54, 1.807) is 29.2 Å². The second-order valence-corrected chi connectivity index (χ2v) is 7.09. The first-order chi connectivity index (χ1) is 14.4. The highest BCUT2D eigenvalue weighted by Crippen LogP contribution is 2.29. The molecule has 1 heterocycles. The van der Waals surface area contributed by atoms with Crippen LogP contribution in [0.2, 0.25) is 5.02 Å². The highest BCUT2D eigenvalue weighted by Gasteiger charge is 2.33. The molecule has 0 aromatic heterocycles. The Labute approximate surface area is 177 Å².